The van der Waals surface area contributed by atoms with Crippen LogP contribution in [0.1, 0.15) is 5.56 Å². The Morgan fingerprint density at radius 1 is 1.00 bits per heavy atom. The molecule has 0 N–H and O–H groups in total. The maximum absolute atomic E-state index is 13.3. The highest BCUT2D eigenvalue weighted by Crippen LogP contribution is 2.28. The van der Waals surface area contributed by atoms with Crippen LogP contribution < -0.4 is 5.56 Å². The molecule has 4 aromatic rings. The van der Waals surface area contributed by atoms with Gasteiger partial charge in [0.15, 0.2) is 5.16 Å². The predicted octanol–water partition coefficient (Wildman–Crippen LogP) is 5.47. The second kappa shape index (κ2) is 7.55. The SMILES string of the molecule is O=c1c2ccccc2nc(SCc2ccc(F)cc2Cl)n1-c1ccccc1. The second-order valence-corrected chi connectivity index (χ2v) is 7.26. The Morgan fingerprint density at radius 3 is 2.52 bits per heavy atom. The van der Waals surface area contributed by atoms with Crippen molar-refractivity contribution >= 4 is 34.3 Å². The monoisotopic (exact) mass is 396 g/mol. The van der Waals surface area contributed by atoms with Crippen LogP contribution in [-0.4, -0.2) is 9.55 Å². The van der Waals surface area contributed by atoms with Gasteiger partial charge >= 0.3 is 0 Å². The zero-order valence-corrected chi connectivity index (χ0v) is 15.7. The molecule has 27 heavy (non-hydrogen) atoms. The van der Waals surface area contributed by atoms with Crippen molar-refractivity contribution in [2.75, 3.05) is 0 Å². The summed E-state index contributed by atoms with van der Waals surface area (Å²) in [5.74, 6) is 0.0928. The zero-order chi connectivity index (χ0) is 18.8. The van der Waals surface area contributed by atoms with Crippen LogP contribution in [0.25, 0.3) is 16.6 Å². The first-order valence-corrected chi connectivity index (χ1v) is 9.64. The second-order valence-electron chi connectivity index (χ2n) is 5.91. The summed E-state index contributed by atoms with van der Waals surface area (Å²) in [6.07, 6.45) is 0. The number of aromatic nitrogens is 2. The largest absolute Gasteiger partial charge is 0.268 e. The summed E-state index contributed by atoms with van der Waals surface area (Å²) in [5, 5.41) is 1.48. The van der Waals surface area contributed by atoms with Crippen LogP contribution in [0.2, 0.25) is 5.02 Å². The van der Waals surface area contributed by atoms with Crippen LogP contribution in [0.5, 0.6) is 0 Å². The molecule has 0 atom stereocenters. The van der Waals surface area contributed by atoms with Crippen molar-refractivity contribution in [1.29, 1.82) is 0 Å². The van der Waals surface area contributed by atoms with Crippen LogP contribution in [0.4, 0.5) is 4.39 Å². The summed E-state index contributed by atoms with van der Waals surface area (Å²) in [7, 11) is 0. The smallest absolute Gasteiger partial charge is 0.266 e. The Balaban J connectivity index is 1.82. The van der Waals surface area contributed by atoms with Crippen LogP contribution >= 0.6 is 23.4 Å². The van der Waals surface area contributed by atoms with Crippen molar-refractivity contribution in [3.8, 4) is 5.69 Å². The molecule has 0 aliphatic carbocycles. The van der Waals surface area contributed by atoms with Crippen LogP contribution in [0, 0.1) is 5.82 Å². The minimum Gasteiger partial charge on any atom is -0.268 e. The summed E-state index contributed by atoms with van der Waals surface area (Å²) in [5.41, 5.74) is 2.04. The van der Waals surface area contributed by atoms with Crippen molar-refractivity contribution in [3.63, 3.8) is 0 Å². The number of nitrogens with zero attached hydrogens (tertiary/aromatic N) is 2. The molecule has 3 aromatic carbocycles. The highest BCUT2D eigenvalue weighted by atomic mass is 35.5. The predicted molar refractivity (Wildman–Crippen MR) is 108 cm³/mol. The zero-order valence-electron chi connectivity index (χ0n) is 14.1. The minimum atomic E-state index is -0.376. The average molecular weight is 397 g/mol. The summed E-state index contributed by atoms with van der Waals surface area (Å²) in [4.78, 5) is 17.8. The number of hydrogen-bond acceptors (Lipinski definition) is 3. The lowest BCUT2D eigenvalue weighted by molar-refractivity contribution is 0.627. The molecule has 0 spiro atoms. The van der Waals surface area contributed by atoms with Gasteiger partial charge in [-0.15, -0.1) is 0 Å². The summed E-state index contributed by atoms with van der Waals surface area (Å²) < 4.78 is 14.9. The maximum Gasteiger partial charge on any atom is 0.266 e. The normalized spacial score (nSPS) is 11.0. The van der Waals surface area contributed by atoms with E-state index in [1.807, 2.05) is 48.5 Å². The van der Waals surface area contributed by atoms with Gasteiger partial charge in [0.25, 0.3) is 5.56 Å². The van der Waals surface area contributed by atoms with E-state index in [1.165, 1.54) is 23.9 Å². The molecule has 4 rings (SSSR count). The first kappa shape index (κ1) is 17.8. The standard InChI is InChI=1S/C21H14ClFN2OS/c22-18-12-15(23)11-10-14(18)13-27-21-24-19-9-5-4-8-17(19)20(26)25(21)16-6-2-1-3-7-16/h1-12H,13H2. The molecule has 0 aliphatic heterocycles. The van der Waals surface area contributed by atoms with E-state index in [1.54, 1.807) is 16.7 Å². The topological polar surface area (TPSA) is 34.9 Å². The molecule has 0 radical (unpaired) electrons. The summed E-state index contributed by atoms with van der Waals surface area (Å²) in [6.45, 7) is 0. The van der Waals surface area contributed by atoms with Crippen LogP contribution in [0.3, 0.4) is 0 Å². The van der Waals surface area contributed by atoms with Crippen molar-refractivity contribution in [1.82, 2.24) is 9.55 Å². The highest BCUT2D eigenvalue weighted by molar-refractivity contribution is 7.98. The Hall–Kier alpha value is -2.63. The van der Waals surface area contributed by atoms with Crippen molar-refractivity contribution in [3.05, 3.63) is 99.6 Å². The van der Waals surface area contributed by atoms with Gasteiger partial charge in [-0.05, 0) is 42.0 Å². The fraction of sp³-hybridized carbons (Fsp3) is 0.0476. The fourth-order valence-electron chi connectivity index (χ4n) is 2.79. The van der Waals surface area contributed by atoms with Gasteiger partial charge in [-0.3, -0.25) is 9.36 Å². The van der Waals surface area contributed by atoms with Gasteiger partial charge < -0.3 is 0 Å². The number of para-hydroxylation sites is 2. The Morgan fingerprint density at radius 2 is 1.74 bits per heavy atom. The lowest BCUT2D eigenvalue weighted by Gasteiger charge is -2.13. The first-order valence-electron chi connectivity index (χ1n) is 8.27. The molecule has 134 valence electrons. The molecule has 0 bridgehead atoms. The van der Waals surface area contributed by atoms with Gasteiger partial charge in [0, 0.05) is 10.8 Å². The van der Waals surface area contributed by atoms with Gasteiger partial charge in [0.05, 0.1) is 16.6 Å². The molecule has 1 heterocycles. The van der Waals surface area contributed by atoms with Gasteiger partial charge in [-0.1, -0.05) is 59.8 Å². The van der Waals surface area contributed by atoms with Crippen LogP contribution in [-0.2, 0) is 5.75 Å². The maximum atomic E-state index is 13.3. The number of thioether (sulfide) groups is 1. The van der Waals surface area contributed by atoms with Gasteiger partial charge in [-0.25, -0.2) is 9.37 Å². The Bertz CT molecular complexity index is 1180. The lowest BCUT2D eigenvalue weighted by atomic mass is 10.2. The van der Waals surface area contributed by atoms with E-state index in [9.17, 15) is 9.18 Å². The lowest BCUT2D eigenvalue weighted by Crippen LogP contribution is -2.21. The van der Waals surface area contributed by atoms with Crippen molar-refractivity contribution in [2.24, 2.45) is 0 Å². The molecule has 0 aliphatic rings. The Kier molecular flexibility index (Phi) is 4.97. The number of halogens is 2. The Labute approximate surface area is 164 Å². The van der Waals surface area contributed by atoms with Gasteiger partial charge in [-0.2, -0.15) is 0 Å². The van der Waals surface area contributed by atoms with Crippen LogP contribution in [0.15, 0.2) is 82.7 Å². The van der Waals surface area contributed by atoms with Crippen molar-refractivity contribution in [2.45, 2.75) is 10.9 Å². The quantitative estimate of drug-likeness (QED) is 0.339. The number of rotatable bonds is 4. The van der Waals surface area contributed by atoms with E-state index in [2.05, 4.69) is 4.98 Å². The number of hydrogen-bond donors (Lipinski definition) is 0. The molecule has 6 heteroatoms. The molecule has 1 aromatic heterocycles. The molecule has 0 unspecified atom stereocenters. The molecule has 0 fully saturated rings. The summed E-state index contributed by atoms with van der Waals surface area (Å²) >= 11 is 7.53. The average Bonchev–Trinajstić information content (AvgIpc) is 2.68. The summed E-state index contributed by atoms with van der Waals surface area (Å²) in [6, 6.07) is 21.0. The van der Waals surface area contributed by atoms with E-state index < -0.39 is 0 Å². The minimum absolute atomic E-state index is 0.125. The highest BCUT2D eigenvalue weighted by Gasteiger charge is 2.14. The van der Waals surface area contributed by atoms with E-state index in [4.69, 9.17) is 11.6 Å². The number of fused-ring (bicyclic) bond motifs is 1. The molecule has 0 amide bonds. The van der Waals surface area contributed by atoms with E-state index in [-0.39, 0.29) is 11.4 Å². The first-order chi connectivity index (χ1) is 13.1. The third-order valence-corrected chi connectivity index (χ3v) is 5.47. The van der Waals surface area contributed by atoms with E-state index in [0.29, 0.717) is 26.8 Å². The van der Waals surface area contributed by atoms with Crippen molar-refractivity contribution < 1.29 is 4.39 Å². The van der Waals surface area contributed by atoms with E-state index in [0.717, 1.165) is 11.3 Å². The third-order valence-electron chi connectivity index (χ3n) is 4.13. The molecule has 3 nitrogen and oxygen atoms in total. The molecule has 0 saturated heterocycles. The molecule has 0 saturated carbocycles. The fourth-order valence-corrected chi connectivity index (χ4v) is 4.12. The molecular weight excluding hydrogens is 383 g/mol. The van der Waals surface area contributed by atoms with Gasteiger partial charge in [0.1, 0.15) is 5.82 Å². The molecular formula is C21H14ClFN2OS. The number of benzene rings is 3. The third kappa shape index (κ3) is 3.61. The van der Waals surface area contributed by atoms with E-state index >= 15 is 0 Å². The van der Waals surface area contributed by atoms with Gasteiger partial charge in [0.2, 0.25) is 0 Å².